The number of rotatable bonds is 3. The molecule has 2 rings (SSSR count). The fourth-order valence-corrected chi connectivity index (χ4v) is 2.60. The van der Waals surface area contributed by atoms with E-state index in [1.807, 2.05) is 12.1 Å². The second kappa shape index (κ2) is 7.78. The largest absolute Gasteiger partial charge is 0.252 e. The minimum absolute atomic E-state index is 0.410. The zero-order valence-corrected chi connectivity index (χ0v) is 12.9. The van der Waals surface area contributed by atoms with Gasteiger partial charge in [0.15, 0.2) is 0 Å². The van der Waals surface area contributed by atoms with Crippen LogP contribution in [0.1, 0.15) is 16.7 Å². The summed E-state index contributed by atoms with van der Waals surface area (Å²) in [5.74, 6) is 0.410. The third-order valence-electron chi connectivity index (χ3n) is 2.96. The highest BCUT2D eigenvalue weighted by molar-refractivity contribution is 7.81. The van der Waals surface area contributed by atoms with Crippen LogP contribution in [0, 0.1) is 13.8 Å². The molecule has 2 aromatic rings. The van der Waals surface area contributed by atoms with Gasteiger partial charge < -0.3 is 0 Å². The Morgan fingerprint density at radius 2 is 1.65 bits per heavy atom. The number of hydrogen-bond donors (Lipinski definition) is 1. The van der Waals surface area contributed by atoms with Gasteiger partial charge in [-0.2, -0.15) is 0 Å². The summed E-state index contributed by atoms with van der Waals surface area (Å²) < 4.78 is 10.9. The maximum absolute atomic E-state index is 10.9. The molecule has 20 heavy (non-hydrogen) atoms. The highest BCUT2D eigenvalue weighted by Gasteiger charge is 2.03. The van der Waals surface area contributed by atoms with E-state index in [0.717, 1.165) is 5.56 Å². The summed E-state index contributed by atoms with van der Waals surface area (Å²) in [4.78, 5) is 0. The average Bonchev–Trinajstić information content (AvgIpc) is 2.42. The Bertz CT molecular complexity index is 590. The van der Waals surface area contributed by atoms with Gasteiger partial charge in [0.1, 0.15) is 0 Å². The molecule has 2 nitrogen and oxygen atoms in total. The van der Waals surface area contributed by atoms with Crippen molar-refractivity contribution in [1.82, 2.24) is 0 Å². The Labute approximate surface area is 123 Å². The van der Waals surface area contributed by atoms with Gasteiger partial charge in [0.25, 0.3) is 0 Å². The van der Waals surface area contributed by atoms with Gasteiger partial charge in [-0.1, -0.05) is 48.0 Å². The molecule has 0 saturated heterocycles. The Morgan fingerprint density at radius 3 is 2.15 bits per heavy atom. The number of hydrogen-bond acceptors (Lipinski definition) is 1. The second-order valence-corrected chi connectivity index (χ2v) is 5.59. The predicted octanol–water partition coefficient (Wildman–Crippen LogP) is 3.90. The van der Waals surface area contributed by atoms with Gasteiger partial charge in [-0.05, 0) is 36.1 Å². The summed E-state index contributed by atoms with van der Waals surface area (Å²) in [6.45, 7) is 10.2. The summed E-state index contributed by atoms with van der Waals surface area (Å²) in [5, 5.41) is 5.29. The Morgan fingerprint density at radius 1 is 1.05 bits per heavy atom. The van der Waals surface area contributed by atoms with E-state index in [1.54, 1.807) is 0 Å². The van der Waals surface area contributed by atoms with Gasteiger partial charge in [-0.3, -0.25) is 5.14 Å². The van der Waals surface area contributed by atoms with Gasteiger partial charge in [0.2, 0.25) is 0 Å². The van der Waals surface area contributed by atoms with Crippen LogP contribution in [-0.2, 0) is 16.7 Å². The molecule has 0 heterocycles. The molecule has 0 saturated carbocycles. The van der Waals surface area contributed by atoms with Crippen molar-refractivity contribution in [3.63, 3.8) is 0 Å². The summed E-state index contributed by atoms with van der Waals surface area (Å²) >= 11 is 0. The number of aryl methyl sites for hydroxylation is 2. The molecule has 0 aliphatic carbocycles. The van der Waals surface area contributed by atoms with E-state index in [2.05, 4.69) is 57.3 Å². The van der Waals surface area contributed by atoms with E-state index in [1.165, 1.54) is 22.3 Å². The minimum Gasteiger partial charge on any atom is -0.252 e. The van der Waals surface area contributed by atoms with E-state index in [0.29, 0.717) is 5.75 Å². The highest BCUT2D eigenvalue weighted by Crippen LogP contribution is 2.24. The second-order valence-electron chi connectivity index (χ2n) is 4.54. The van der Waals surface area contributed by atoms with Gasteiger partial charge in [0, 0.05) is 0 Å². The average molecular weight is 287 g/mol. The molecule has 0 aliphatic heterocycles. The van der Waals surface area contributed by atoms with Gasteiger partial charge in [-0.25, -0.2) is 4.21 Å². The van der Waals surface area contributed by atoms with Crippen molar-refractivity contribution in [2.24, 2.45) is 5.14 Å². The van der Waals surface area contributed by atoms with Crippen LogP contribution in [0.25, 0.3) is 11.1 Å². The zero-order valence-electron chi connectivity index (χ0n) is 12.1. The first-order chi connectivity index (χ1) is 9.56. The van der Waals surface area contributed by atoms with Crippen LogP contribution in [0.3, 0.4) is 0 Å². The van der Waals surface area contributed by atoms with E-state index >= 15 is 0 Å². The molecule has 0 spiro atoms. The normalized spacial score (nSPS) is 11.3. The first-order valence-electron chi connectivity index (χ1n) is 6.35. The molecule has 0 aliphatic rings. The van der Waals surface area contributed by atoms with Crippen molar-refractivity contribution >= 4 is 11.0 Å². The van der Waals surface area contributed by atoms with Crippen molar-refractivity contribution in [2.45, 2.75) is 19.6 Å². The molecule has 0 fully saturated rings. The fraction of sp³-hybridized carbons (Fsp3) is 0.176. The smallest absolute Gasteiger partial charge is 0.0933 e. The predicted molar refractivity (Wildman–Crippen MR) is 88.6 cm³/mol. The van der Waals surface area contributed by atoms with Crippen LogP contribution in [0.4, 0.5) is 0 Å². The van der Waals surface area contributed by atoms with Gasteiger partial charge in [-0.15, -0.1) is 13.2 Å². The maximum atomic E-state index is 10.9. The molecule has 2 aromatic carbocycles. The lowest BCUT2D eigenvalue weighted by atomic mass is 9.98. The van der Waals surface area contributed by atoms with Crippen LogP contribution in [-0.4, -0.2) is 4.21 Å². The fourth-order valence-electron chi connectivity index (χ4n) is 2.08. The lowest BCUT2D eigenvalue weighted by Gasteiger charge is -2.08. The number of benzene rings is 2. The van der Waals surface area contributed by atoms with Crippen molar-refractivity contribution < 1.29 is 4.21 Å². The molecule has 1 unspecified atom stereocenters. The Hall–Kier alpha value is -1.71. The first kappa shape index (κ1) is 16.3. The van der Waals surface area contributed by atoms with E-state index in [9.17, 15) is 4.21 Å². The van der Waals surface area contributed by atoms with Crippen LogP contribution in [0.2, 0.25) is 0 Å². The van der Waals surface area contributed by atoms with E-state index in [-0.39, 0.29) is 0 Å². The molecule has 0 radical (unpaired) electrons. The molecule has 106 valence electrons. The van der Waals surface area contributed by atoms with Crippen molar-refractivity contribution in [1.29, 1.82) is 0 Å². The van der Waals surface area contributed by atoms with Gasteiger partial charge >= 0.3 is 0 Å². The van der Waals surface area contributed by atoms with E-state index in [4.69, 9.17) is 5.14 Å². The Kier molecular flexibility index (Phi) is 6.36. The molecular formula is C17H21NOS. The van der Waals surface area contributed by atoms with Crippen LogP contribution < -0.4 is 5.14 Å². The SMILES string of the molecule is C=C.Cc1ccc(-c2ccc(CS(N)=O)cc2)c(C)c1. The summed E-state index contributed by atoms with van der Waals surface area (Å²) in [5.41, 5.74) is 5.96. The molecule has 2 N–H and O–H groups in total. The molecule has 1 atom stereocenters. The summed E-state index contributed by atoms with van der Waals surface area (Å²) in [6.07, 6.45) is 0. The highest BCUT2D eigenvalue weighted by atomic mass is 32.2. The lowest BCUT2D eigenvalue weighted by Crippen LogP contribution is -2.05. The first-order valence-corrected chi connectivity index (χ1v) is 7.74. The molecular weight excluding hydrogens is 266 g/mol. The van der Waals surface area contributed by atoms with Crippen LogP contribution in [0.15, 0.2) is 55.6 Å². The summed E-state index contributed by atoms with van der Waals surface area (Å²) in [6, 6.07) is 14.5. The molecule has 0 amide bonds. The molecule has 0 bridgehead atoms. The van der Waals surface area contributed by atoms with Crippen molar-refractivity contribution in [3.8, 4) is 11.1 Å². The van der Waals surface area contributed by atoms with Crippen LogP contribution in [0.5, 0.6) is 0 Å². The summed E-state index contributed by atoms with van der Waals surface area (Å²) in [7, 11) is -1.28. The third-order valence-corrected chi connectivity index (χ3v) is 3.57. The van der Waals surface area contributed by atoms with E-state index < -0.39 is 11.0 Å². The Balaban J connectivity index is 0.000000956. The third kappa shape index (κ3) is 4.44. The quantitative estimate of drug-likeness (QED) is 0.855. The topological polar surface area (TPSA) is 43.1 Å². The lowest BCUT2D eigenvalue weighted by molar-refractivity contribution is 0.684. The number of nitrogens with two attached hydrogens (primary N) is 1. The molecule has 3 heteroatoms. The van der Waals surface area contributed by atoms with Crippen LogP contribution >= 0.6 is 0 Å². The standard InChI is InChI=1S/C15H17NOS.C2H4/c1-11-3-8-15(12(2)9-11)14-6-4-13(5-7-14)10-18(16)17;1-2/h3-9H,10,16H2,1-2H3;1-2H2. The maximum Gasteiger partial charge on any atom is 0.0933 e. The van der Waals surface area contributed by atoms with Gasteiger partial charge in [0.05, 0.1) is 16.7 Å². The minimum atomic E-state index is -1.28. The monoisotopic (exact) mass is 287 g/mol. The van der Waals surface area contributed by atoms with Crippen molar-refractivity contribution in [3.05, 3.63) is 72.3 Å². The molecule has 0 aromatic heterocycles. The zero-order chi connectivity index (χ0) is 15.1. The van der Waals surface area contributed by atoms with Crippen molar-refractivity contribution in [2.75, 3.05) is 0 Å².